The Balaban J connectivity index is 3.05. The molecule has 1 rings (SSSR count). The van der Waals surface area contributed by atoms with Gasteiger partial charge in [-0.05, 0) is 13.3 Å². The zero-order chi connectivity index (χ0) is 13.0. The maximum absolute atomic E-state index is 11.1. The summed E-state index contributed by atoms with van der Waals surface area (Å²) in [6.07, 6.45) is 7.12. The SMILES string of the molecule is C#CC(CCC)Nc1c(C(=O)O)c(C)nn1C. The van der Waals surface area contributed by atoms with Crippen molar-refractivity contribution in [2.75, 3.05) is 5.32 Å². The van der Waals surface area contributed by atoms with Gasteiger partial charge in [0.15, 0.2) is 0 Å². The third kappa shape index (κ3) is 2.78. The Hall–Kier alpha value is -1.96. The van der Waals surface area contributed by atoms with Gasteiger partial charge in [0.1, 0.15) is 11.4 Å². The van der Waals surface area contributed by atoms with E-state index in [0.717, 1.165) is 12.8 Å². The van der Waals surface area contributed by atoms with E-state index in [9.17, 15) is 4.79 Å². The number of aromatic carboxylic acids is 1. The van der Waals surface area contributed by atoms with Crippen LogP contribution in [0.25, 0.3) is 0 Å². The van der Waals surface area contributed by atoms with Gasteiger partial charge in [0.25, 0.3) is 0 Å². The molecule has 2 N–H and O–H groups in total. The molecule has 0 fully saturated rings. The molecule has 1 aromatic rings. The number of terminal acetylenes is 1. The molecule has 0 spiro atoms. The molecule has 0 radical (unpaired) electrons. The zero-order valence-electron chi connectivity index (χ0n) is 10.3. The number of aromatic nitrogens is 2. The number of carboxylic acids is 1. The lowest BCUT2D eigenvalue weighted by Crippen LogP contribution is -2.20. The van der Waals surface area contributed by atoms with Crippen LogP contribution >= 0.6 is 0 Å². The fourth-order valence-electron chi connectivity index (χ4n) is 1.73. The summed E-state index contributed by atoms with van der Waals surface area (Å²) < 4.78 is 1.51. The smallest absolute Gasteiger partial charge is 0.341 e. The number of carboxylic acid groups (broad SMARTS) is 1. The van der Waals surface area contributed by atoms with E-state index < -0.39 is 5.97 Å². The van der Waals surface area contributed by atoms with Crippen LogP contribution in [0.4, 0.5) is 5.82 Å². The fraction of sp³-hybridized carbons (Fsp3) is 0.500. The van der Waals surface area contributed by atoms with E-state index in [1.807, 2.05) is 6.92 Å². The Morgan fingerprint density at radius 1 is 1.71 bits per heavy atom. The second-order valence-corrected chi connectivity index (χ2v) is 3.89. The fourth-order valence-corrected chi connectivity index (χ4v) is 1.73. The molecule has 17 heavy (non-hydrogen) atoms. The van der Waals surface area contributed by atoms with Crippen LogP contribution in [0.1, 0.15) is 35.8 Å². The van der Waals surface area contributed by atoms with E-state index in [1.54, 1.807) is 14.0 Å². The third-order valence-corrected chi connectivity index (χ3v) is 2.53. The molecule has 1 aromatic heterocycles. The first kappa shape index (κ1) is 13.1. The van der Waals surface area contributed by atoms with Crippen LogP contribution in [0.15, 0.2) is 0 Å². The highest BCUT2D eigenvalue weighted by atomic mass is 16.4. The van der Waals surface area contributed by atoms with Gasteiger partial charge in [0, 0.05) is 7.05 Å². The van der Waals surface area contributed by atoms with Gasteiger partial charge in [-0.2, -0.15) is 5.10 Å². The highest BCUT2D eigenvalue weighted by molar-refractivity contribution is 5.94. The Morgan fingerprint density at radius 3 is 2.82 bits per heavy atom. The predicted octanol–water partition coefficient (Wildman–Crippen LogP) is 1.64. The maximum atomic E-state index is 11.1. The topological polar surface area (TPSA) is 67.2 Å². The largest absolute Gasteiger partial charge is 0.477 e. The summed E-state index contributed by atoms with van der Waals surface area (Å²) in [6, 6.07) is -0.173. The number of anilines is 1. The molecule has 0 amide bonds. The van der Waals surface area contributed by atoms with Gasteiger partial charge in [-0.3, -0.25) is 4.68 Å². The van der Waals surface area contributed by atoms with E-state index in [1.165, 1.54) is 4.68 Å². The summed E-state index contributed by atoms with van der Waals surface area (Å²) in [7, 11) is 1.70. The molecule has 1 heterocycles. The van der Waals surface area contributed by atoms with Gasteiger partial charge < -0.3 is 10.4 Å². The summed E-state index contributed by atoms with van der Waals surface area (Å²) >= 11 is 0. The van der Waals surface area contributed by atoms with Gasteiger partial charge in [-0.25, -0.2) is 4.79 Å². The zero-order valence-corrected chi connectivity index (χ0v) is 10.3. The van der Waals surface area contributed by atoms with Crippen molar-refractivity contribution in [1.29, 1.82) is 0 Å². The van der Waals surface area contributed by atoms with Gasteiger partial charge >= 0.3 is 5.97 Å². The Bertz CT molecular complexity index is 457. The van der Waals surface area contributed by atoms with Crippen LogP contribution in [0.5, 0.6) is 0 Å². The molecule has 0 saturated carbocycles. The molecule has 0 aliphatic rings. The standard InChI is InChI=1S/C12H17N3O2/c1-5-7-9(6-2)13-11-10(12(16)17)8(3)14-15(11)4/h2,9,13H,5,7H2,1,3-4H3,(H,16,17). The van der Waals surface area contributed by atoms with Crippen LogP contribution in [-0.2, 0) is 7.05 Å². The number of aryl methyl sites for hydroxylation is 2. The summed E-state index contributed by atoms with van der Waals surface area (Å²) in [4.78, 5) is 11.1. The van der Waals surface area contributed by atoms with Crippen molar-refractivity contribution in [3.63, 3.8) is 0 Å². The minimum absolute atomic E-state index is 0.173. The number of rotatable bonds is 5. The second-order valence-electron chi connectivity index (χ2n) is 3.89. The van der Waals surface area contributed by atoms with Crippen LogP contribution in [-0.4, -0.2) is 26.9 Å². The van der Waals surface area contributed by atoms with Crippen molar-refractivity contribution in [1.82, 2.24) is 9.78 Å². The van der Waals surface area contributed by atoms with Crippen molar-refractivity contribution >= 4 is 11.8 Å². The first-order valence-corrected chi connectivity index (χ1v) is 5.50. The number of nitrogens with one attached hydrogen (secondary N) is 1. The lowest BCUT2D eigenvalue weighted by Gasteiger charge is -2.14. The van der Waals surface area contributed by atoms with Gasteiger partial charge in [-0.15, -0.1) is 6.42 Å². The summed E-state index contributed by atoms with van der Waals surface area (Å²) in [5.74, 6) is 2.08. The van der Waals surface area contributed by atoms with E-state index in [2.05, 4.69) is 16.3 Å². The molecule has 0 saturated heterocycles. The first-order chi connectivity index (χ1) is 8.01. The average molecular weight is 235 g/mol. The minimum atomic E-state index is -0.995. The molecule has 0 aromatic carbocycles. The monoisotopic (exact) mass is 235 g/mol. The second kappa shape index (κ2) is 5.39. The molecule has 5 nitrogen and oxygen atoms in total. The number of carbonyl (C=O) groups is 1. The highest BCUT2D eigenvalue weighted by Gasteiger charge is 2.20. The Morgan fingerprint density at radius 2 is 2.35 bits per heavy atom. The van der Waals surface area contributed by atoms with Gasteiger partial charge in [0.2, 0.25) is 0 Å². The molecular formula is C12H17N3O2. The summed E-state index contributed by atoms with van der Waals surface area (Å²) in [5.41, 5.74) is 0.665. The van der Waals surface area contributed by atoms with Gasteiger partial charge in [-0.1, -0.05) is 19.3 Å². The maximum Gasteiger partial charge on any atom is 0.341 e. The van der Waals surface area contributed by atoms with E-state index >= 15 is 0 Å². The van der Waals surface area contributed by atoms with E-state index in [4.69, 9.17) is 11.5 Å². The van der Waals surface area contributed by atoms with Crippen molar-refractivity contribution in [3.05, 3.63) is 11.3 Å². The lowest BCUT2D eigenvalue weighted by molar-refractivity contribution is 0.0697. The Kier molecular flexibility index (Phi) is 4.16. The number of hydrogen-bond acceptors (Lipinski definition) is 3. The Labute approximate surface area is 101 Å². The van der Waals surface area contributed by atoms with Crippen molar-refractivity contribution in [2.45, 2.75) is 32.7 Å². The van der Waals surface area contributed by atoms with E-state index in [-0.39, 0.29) is 11.6 Å². The van der Waals surface area contributed by atoms with Crippen molar-refractivity contribution < 1.29 is 9.90 Å². The first-order valence-electron chi connectivity index (χ1n) is 5.50. The van der Waals surface area contributed by atoms with Crippen LogP contribution < -0.4 is 5.32 Å². The minimum Gasteiger partial charge on any atom is -0.477 e. The predicted molar refractivity (Wildman–Crippen MR) is 66.1 cm³/mol. The summed E-state index contributed by atoms with van der Waals surface area (Å²) in [6.45, 7) is 3.69. The molecule has 5 heteroatoms. The molecule has 0 aliphatic carbocycles. The van der Waals surface area contributed by atoms with Gasteiger partial charge in [0.05, 0.1) is 11.7 Å². The summed E-state index contributed by atoms with van der Waals surface area (Å²) in [5, 5.41) is 16.3. The molecule has 1 atom stereocenters. The van der Waals surface area contributed by atoms with Crippen molar-refractivity contribution in [3.8, 4) is 12.3 Å². The molecular weight excluding hydrogens is 218 g/mol. The number of hydrogen-bond donors (Lipinski definition) is 2. The highest BCUT2D eigenvalue weighted by Crippen LogP contribution is 2.20. The van der Waals surface area contributed by atoms with Crippen molar-refractivity contribution in [2.24, 2.45) is 7.05 Å². The molecule has 0 bridgehead atoms. The quantitative estimate of drug-likeness (QED) is 0.761. The molecule has 0 aliphatic heterocycles. The molecule has 92 valence electrons. The van der Waals surface area contributed by atoms with E-state index in [0.29, 0.717) is 11.5 Å². The van der Waals surface area contributed by atoms with Crippen LogP contribution in [0.2, 0.25) is 0 Å². The van der Waals surface area contributed by atoms with Crippen LogP contribution in [0, 0.1) is 19.3 Å². The van der Waals surface area contributed by atoms with Crippen LogP contribution in [0.3, 0.4) is 0 Å². The lowest BCUT2D eigenvalue weighted by atomic mass is 10.1. The average Bonchev–Trinajstić information content (AvgIpc) is 2.53. The molecule has 1 unspecified atom stereocenters. The number of nitrogens with zero attached hydrogens (tertiary/aromatic N) is 2. The third-order valence-electron chi connectivity index (χ3n) is 2.53. The normalized spacial score (nSPS) is 11.9.